The number of allylic oxidation sites excluding steroid dienone is 1. The summed E-state index contributed by atoms with van der Waals surface area (Å²) in [6, 6.07) is 11.6. The van der Waals surface area contributed by atoms with Crippen LogP contribution in [-0.4, -0.2) is 4.98 Å². The Labute approximate surface area is 112 Å². The van der Waals surface area contributed by atoms with Crippen LogP contribution < -0.4 is 0 Å². The number of hydrogen-bond acceptors (Lipinski definition) is 3. The Bertz CT molecular complexity index is 649. The molecule has 2 aromatic heterocycles. The maximum atomic E-state index is 9.21. The first kappa shape index (κ1) is 11.7. The second-order valence-corrected chi connectivity index (χ2v) is 4.94. The van der Waals surface area contributed by atoms with E-state index >= 15 is 0 Å². The number of hydrogen-bond donors (Lipinski definition) is 0. The summed E-state index contributed by atoms with van der Waals surface area (Å²) in [7, 11) is 0. The van der Waals surface area contributed by atoms with Gasteiger partial charge in [-0.1, -0.05) is 13.0 Å². The third-order valence-corrected chi connectivity index (χ3v) is 3.47. The summed E-state index contributed by atoms with van der Waals surface area (Å²) < 4.78 is 5.78. The monoisotopic (exact) mass is 250 g/mol. The van der Waals surface area contributed by atoms with Gasteiger partial charge in [0.05, 0.1) is 11.3 Å². The van der Waals surface area contributed by atoms with E-state index < -0.39 is 0 Å². The van der Waals surface area contributed by atoms with Gasteiger partial charge in [-0.2, -0.15) is 5.26 Å². The van der Waals surface area contributed by atoms with Crippen molar-refractivity contribution < 1.29 is 4.42 Å². The van der Waals surface area contributed by atoms with E-state index in [9.17, 15) is 5.26 Å². The fourth-order valence-corrected chi connectivity index (χ4v) is 2.19. The van der Waals surface area contributed by atoms with Crippen molar-refractivity contribution in [3.8, 4) is 6.07 Å². The summed E-state index contributed by atoms with van der Waals surface area (Å²) in [4.78, 5) is 4.18. The van der Waals surface area contributed by atoms with E-state index in [1.807, 2.05) is 30.3 Å². The van der Waals surface area contributed by atoms with Gasteiger partial charge in [-0.3, -0.25) is 4.98 Å². The number of furan rings is 1. The molecule has 1 aliphatic rings. The number of rotatable bonds is 3. The first-order valence-corrected chi connectivity index (χ1v) is 6.41. The molecule has 3 rings (SSSR count). The number of nitriles is 1. The van der Waals surface area contributed by atoms with E-state index in [2.05, 4.69) is 18.0 Å². The molecule has 0 spiro atoms. The highest BCUT2D eigenvalue weighted by Crippen LogP contribution is 2.47. The molecule has 19 heavy (non-hydrogen) atoms. The average Bonchev–Trinajstić information content (AvgIpc) is 3.00. The van der Waals surface area contributed by atoms with Gasteiger partial charge in [-0.05, 0) is 36.6 Å². The summed E-state index contributed by atoms with van der Waals surface area (Å²) in [6.45, 7) is 2.22. The van der Waals surface area contributed by atoms with Crippen molar-refractivity contribution in [1.82, 2.24) is 4.98 Å². The molecule has 0 aromatic carbocycles. The maximum absolute atomic E-state index is 9.21. The summed E-state index contributed by atoms with van der Waals surface area (Å²) in [5.74, 6) is 3.02. The van der Waals surface area contributed by atoms with Crippen molar-refractivity contribution in [1.29, 1.82) is 5.26 Å². The molecule has 0 bridgehead atoms. The molecule has 0 aliphatic heterocycles. The molecule has 0 radical (unpaired) electrons. The zero-order chi connectivity index (χ0) is 13.2. The van der Waals surface area contributed by atoms with E-state index in [4.69, 9.17) is 4.42 Å². The van der Waals surface area contributed by atoms with Gasteiger partial charge in [0.25, 0.3) is 0 Å². The zero-order valence-electron chi connectivity index (χ0n) is 10.7. The van der Waals surface area contributed by atoms with Crippen molar-refractivity contribution in [2.24, 2.45) is 5.92 Å². The molecule has 0 amide bonds. The molecule has 3 heteroatoms. The Morgan fingerprint density at radius 2 is 2.26 bits per heavy atom. The Hall–Kier alpha value is -2.34. The summed E-state index contributed by atoms with van der Waals surface area (Å²) in [5.41, 5.74) is 1.19. The van der Waals surface area contributed by atoms with Crippen molar-refractivity contribution in [3.63, 3.8) is 0 Å². The van der Waals surface area contributed by atoms with Crippen LogP contribution in [0.2, 0.25) is 0 Å². The quantitative estimate of drug-likeness (QED) is 0.777. The fourth-order valence-electron chi connectivity index (χ4n) is 2.19. The fraction of sp³-hybridized carbons (Fsp3) is 0.250. The molecular formula is C16H14N2O. The summed E-state index contributed by atoms with van der Waals surface area (Å²) >= 11 is 0. The van der Waals surface area contributed by atoms with Gasteiger partial charge in [0.1, 0.15) is 17.6 Å². The van der Waals surface area contributed by atoms with E-state index in [0.29, 0.717) is 23.1 Å². The molecule has 2 heterocycles. The zero-order valence-corrected chi connectivity index (χ0v) is 10.7. The maximum Gasteiger partial charge on any atom is 0.128 e. The molecule has 3 nitrogen and oxygen atoms in total. The second kappa shape index (κ2) is 4.74. The molecular weight excluding hydrogens is 236 g/mol. The van der Waals surface area contributed by atoms with Crippen molar-refractivity contribution in [2.75, 3.05) is 0 Å². The lowest BCUT2D eigenvalue weighted by atomic mass is 10.1. The third-order valence-electron chi connectivity index (χ3n) is 3.47. The van der Waals surface area contributed by atoms with Crippen LogP contribution in [0, 0.1) is 17.2 Å². The molecule has 2 unspecified atom stereocenters. The van der Waals surface area contributed by atoms with Gasteiger partial charge >= 0.3 is 0 Å². The predicted molar refractivity (Wildman–Crippen MR) is 73.0 cm³/mol. The Balaban J connectivity index is 1.87. The largest absolute Gasteiger partial charge is 0.461 e. The molecule has 0 N–H and O–H groups in total. The minimum Gasteiger partial charge on any atom is -0.461 e. The van der Waals surface area contributed by atoms with Crippen molar-refractivity contribution in [2.45, 2.75) is 19.3 Å². The lowest BCUT2D eigenvalue weighted by molar-refractivity contribution is 0.498. The van der Waals surface area contributed by atoms with Crippen molar-refractivity contribution >= 4 is 11.6 Å². The molecule has 0 saturated heterocycles. The average molecular weight is 250 g/mol. The van der Waals surface area contributed by atoms with Crippen LogP contribution in [0.3, 0.4) is 0 Å². The first-order valence-electron chi connectivity index (χ1n) is 6.41. The minimum atomic E-state index is 0.519. The second-order valence-electron chi connectivity index (χ2n) is 4.94. The first-order chi connectivity index (χ1) is 9.28. The van der Waals surface area contributed by atoms with Crippen LogP contribution in [0.25, 0.3) is 11.6 Å². The topological polar surface area (TPSA) is 49.8 Å². The number of pyridine rings is 1. The Kier molecular flexibility index (Phi) is 2.92. The van der Waals surface area contributed by atoms with Crippen LogP contribution in [0.1, 0.15) is 36.5 Å². The third kappa shape index (κ3) is 2.43. The smallest absolute Gasteiger partial charge is 0.128 e. The van der Waals surface area contributed by atoms with Crippen LogP contribution >= 0.6 is 0 Å². The normalized spacial score (nSPS) is 22.0. The van der Waals surface area contributed by atoms with Gasteiger partial charge < -0.3 is 4.42 Å². The van der Waals surface area contributed by atoms with Crippen LogP contribution in [0.15, 0.2) is 40.9 Å². The van der Waals surface area contributed by atoms with Crippen molar-refractivity contribution in [3.05, 3.63) is 53.7 Å². The van der Waals surface area contributed by atoms with Gasteiger partial charge in [0.15, 0.2) is 0 Å². The highest BCUT2D eigenvalue weighted by molar-refractivity contribution is 5.87. The van der Waals surface area contributed by atoms with Gasteiger partial charge in [-0.25, -0.2) is 0 Å². The SMILES string of the molecule is CC1CC1c1ccc(C=C(C#N)c2ccccn2)o1. The highest BCUT2D eigenvalue weighted by atomic mass is 16.3. The van der Waals surface area contributed by atoms with Gasteiger partial charge in [0.2, 0.25) is 0 Å². The Morgan fingerprint density at radius 3 is 2.89 bits per heavy atom. The molecule has 1 aliphatic carbocycles. The van der Waals surface area contributed by atoms with Gasteiger partial charge in [0, 0.05) is 18.2 Å². The van der Waals surface area contributed by atoms with E-state index in [-0.39, 0.29) is 0 Å². The highest BCUT2D eigenvalue weighted by Gasteiger charge is 2.36. The molecule has 94 valence electrons. The summed E-state index contributed by atoms with van der Waals surface area (Å²) in [5, 5.41) is 9.21. The standard InChI is InChI=1S/C16H14N2O/c1-11-8-14(11)16-6-5-13(19-16)9-12(10-17)15-4-2-3-7-18-15/h2-7,9,11,14H,8H2,1H3. The van der Waals surface area contributed by atoms with Crippen LogP contribution in [-0.2, 0) is 0 Å². The number of nitrogens with zero attached hydrogens (tertiary/aromatic N) is 2. The van der Waals surface area contributed by atoms with E-state index in [1.54, 1.807) is 12.3 Å². The predicted octanol–water partition coefficient (Wildman–Crippen LogP) is 3.86. The molecule has 1 saturated carbocycles. The summed E-state index contributed by atoms with van der Waals surface area (Å²) in [6.07, 6.45) is 4.63. The van der Waals surface area contributed by atoms with Crippen LogP contribution in [0.4, 0.5) is 0 Å². The van der Waals surface area contributed by atoms with E-state index in [1.165, 1.54) is 6.42 Å². The molecule has 2 aromatic rings. The Morgan fingerprint density at radius 1 is 1.42 bits per heavy atom. The molecule has 2 atom stereocenters. The minimum absolute atomic E-state index is 0.519. The molecule has 1 fully saturated rings. The lowest BCUT2D eigenvalue weighted by Gasteiger charge is -1.96. The number of aromatic nitrogens is 1. The lowest BCUT2D eigenvalue weighted by Crippen LogP contribution is -1.85. The van der Waals surface area contributed by atoms with E-state index in [0.717, 1.165) is 11.5 Å². The van der Waals surface area contributed by atoms with Crippen LogP contribution in [0.5, 0.6) is 0 Å². The van der Waals surface area contributed by atoms with Gasteiger partial charge in [-0.15, -0.1) is 0 Å².